The monoisotopic (exact) mass is 264 g/mol. The molecule has 1 aliphatic carbocycles. The van der Waals surface area contributed by atoms with Gasteiger partial charge in [0.1, 0.15) is 0 Å². The van der Waals surface area contributed by atoms with Gasteiger partial charge in [-0.15, -0.1) is 0 Å². The fraction of sp³-hybridized carbons (Fsp3) is 0.786. The third-order valence-electron chi connectivity index (χ3n) is 4.14. The average Bonchev–Trinajstić information content (AvgIpc) is 3.13. The first-order valence-electron chi connectivity index (χ1n) is 7.36. The first-order valence-corrected chi connectivity index (χ1v) is 7.36. The summed E-state index contributed by atoms with van der Waals surface area (Å²) in [6, 6.07) is 3.17. The number of nitrogens with zero attached hydrogens (tertiary/aromatic N) is 3. The topological polar surface area (TPSA) is 42.3 Å². The zero-order valence-electron chi connectivity index (χ0n) is 11.9. The molecule has 0 amide bonds. The Balaban J connectivity index is 1.75. The maximum absolute atomic E-state index is 6.02. The molecule has 0 spiro atoms. The third-order valence-corrected chi connectivity index (χ3v) is 4.14. The molecule has 2 unspecified atom stereocenters. The van der Waals surface area contributed by atoms with Gasteiger partial charge in [0.25, 0.3) is 0 Å². The molecule has 5 nitrogen and oxygen atoms in total. The Morgan fingerprint density at radius 1 is 1.47 bits per heavy atom. The van der Waals surface area contributed by atoms with E-state index in [9.17, 15) is 0 Å². The maximum atomic E-state index is 6.02. The molecule has 1 N–H and O–H groups in total. The minimum absolute atomic E-state index is 0.223. The van der Waals surface area contributed by atoms with E-state index < -0.39 is 0 Å². The Morgan fingerprint density at radius 3 is 3.05 bits per heavy atom. The van der Waals surface area contributed by atoms with Crippen LogP contribution in [0.1, 0.15) is 31.5 Å². The molecule has 1 saturated heterocycles. The summed E-state index contributed by atoms with van der Waals surface area (Å²) in [5, 5.41) is 8.00. The number of nitrogens with one attached hydrogen (secondary N) is 1. The smallest absolute Gasteiger partial charge is 0.0911 e. The normalized spacial score (nSPS) is 28.7. The van der Waals surface area contributed by atoms with Crippen LogP contribution in [0.5, 0.6) is 0 Å². The van der Waals surface area contributed by atoms with Crippen molar-refractivity contribution in [3.8, 4) is 0 Å². The van der Waals surface area contributed by atoms with E-state index in [2.05, 4.69) is 40.0 Å². The molecule has 2 heterocycles. The number of ether oxygens (including phenoxy) is 1. The molecule has 2 atom stereocenters. The Kier molecular flexibility index (Phi) is 3.86. The lowest BCUT2D eigenvalue weighted by Gasteiger charge is -2.39. The van der Waals surface area contributed by atoms with Crippen LogP contribution in [-0.2, 0) is 11.3 Å². The van der Waals surface area contributed by atoms with Crippen LogP contribution in [0.3, 0.4) is 0 Å². The maximum Gasteiger partial charge on any atom is 0.0911 e. The highest BCUT2D eigenvalue weighted by Gasteiger charge is 2.34. The highest BCUT2D eigenvalue weighted by molar-refractivity contribution is 5.11. The summed E-state index contributed by atoms with van der Waals surface area (Å²) in [5.41, 5.74) is 1.27. The lowest BCUT2D eigenvalue weighted by Crippen LogP contribution is -2.48. The average molecular weight is 264 g/mol. The molecule has 2 aliphatic rings. The largest absolute Gasteiger partial charge is 0.374 e. The van der Waals surface area contributed by atoms with Gasteiger partial charge in [-0.3, -0.25) is 9.58 Å². The van der Waals surface area contributed by atoms with Crippen LogP contribution < -0.4 is 5.32 Å². The van der Waals surface area contributed by atoms with E-state index in [1.165, 1.54) is 18.5 Å². The van der Waals surface area contributed by atoms with Gasteiger partial charge in [-0.1, -0.05) is 0 Å². The zero-order chi connectivity index (χ0) is 13.2. The fourth-order valence-corrected chi connectivity index (χ4v) is 2.88. The summed E-state index contributed by atoms with van der Waals surface area (Å²) in [4.78, 5) is 2.39. The third kappa shape index (κ3) is 2.83. The quantitative estimate of drug-likeness (QED) is 0.862. The predicted molar refractivity (Wildman–Crippen MR) is 74.0 cm³/mol. The second kappa shape index (κ2) is 5.61. The lowest BCUT2D eigenvalue weighted by molar-refractivity contribution is -0.0641. The molecule has 1 aliphatic heterocycles. The lowest BCUT2D eigenvalue weighted by atomic mass is 10.0. The van der Waals surface area contributed by atoms with Gasteiger partial charge in [0.05, 0.1) is 24.4 Å². The molecule has 1 saturated carbocycles. The molecule has 0 aromatic carbocycles. The van der Waals surface area contributed by atoms with Crippen molar-refractivity contribution < 1.29 is 4.74 Å². The van der Waals surface area contributed by atoms with Crippen LogP contribution >= 0.6 is 0 Å². The van der Waals surface area contributed by atoms with Crippen molar-refractivity contribution in [3.63, 3.8) is 0 Å². The Labute approximate surface area is 114 Å². The fourth-order valence-electron chi connectivity index (χ4n) is 2.88. The van der Waals surface area contributed by atoms with Crippen LogP contribution in [0.25, 0.3) is 0 Å². The van der Waals surface area contributed by atoms with Crippen molar-refractivity contribution in [2.24, 2.45) is 0 Å². The zero-order valence-corrected chi connectivity index (χ0v) is 11.9. The second-order valence-corrected chi connectivity index (χ2v) is 5.59. The number of aryl methyl sites for hydroxylation is 1. The first kappa shape index (κ1) is 13.1. The number of hydrogen-bond donors (Lipinski definition) is 1. The van der Waals surface area contributed by atoms with E-state index in [4.69, 9.17) is 4.74 Å². The first-order chi connectivity index (χ1) is 9.29. The molecule has 1 aromatic heterocycles. The van der Waals surface area contributed by atoms with E-state index in [-0.39, 0.29) is 6.10 Å². The molecule has 19 heavy (non-hydrogen) atoms. The summed E-state index contributed by atoms with van der Waals surface area (Å²) in [5.74, 6) is 0. The molecule has 3 rings (SSSR count). The van der Waals surface area contributed by atoms with Crippen LogP contribution in [0, 0.1) is 0 Å². The summed E-state index contributed by atoms with van der Waals surface area (Å²) in [6.45, 7) is 5.80. The summed E-state index contributed by atoms with van der Waals surface area (Å²) in [7, 11) is 2.18. The summed E-state index contributed by atoms with van der Waals surface area (Å²) in [6.07, 6.45) is 4.76. The van der Waals surface area contributed by atoms with Gasteiger partial charge in [0, 0.05) is 31.9 Å². The van der Waals surface area contributed by atoms with Gasteiger partial charge in [-0.25, -0.2) is 0 Å². The van der Waals surface area contributed by atoms with Crippen molar-refractivity contribution in [1.82, 2.24) is 20.0 Å². The van der Waals surface area contributed by atoms with Gasteiger partial charge < -0.3 is 10.1 Å². The predicted octanol–water partition coefficient (Wildman–Crippen LogP) is 1.03. The minimum Gasteiger partial charge on any atom is -0.374 e. The number of rotatable bonds is 5. The Morgan fingerprint density at radius 2 is 2.32 bits per heavy atom. The Bertz CT molecular complexity index is 415. The highest BCUT2D eigenvalue weighted by Crippen LogP contribution is 2.29. The highest BCUT2D eigenvalue weighted by atomic mass is 16.5. The molecule has 5 heteroatoms. The SMILES string of the molecule is CCn1nccc1C1C(CNC2CC2)OCCN1C. The number of aromatic nitrogens is 2. The molecule has 2 fully saturated rings. The van der Waals surface area contributed by atoms with E-state index in [0.29, 0.717) is 6.04 Å². The van der Waals surface area contributed by atoms with E-state index in [0.717, 1.165) is 32.3 Å². The van der Waals surface area contributed by atoms with Crippen molar-refractivity contribution in [2.75, 3.05) is 26.7 Å². The summed E-state index contributed by atoms with van der Waals surface area (Å²) < 4.78 is 8.10. The van der Waals surface area contributed by atoms with Crippen molar-refractivity contribution >= 4 is 0 Å². The summed E-state index contributed by atoms with van der Waals surface area (Å²) >= 11 is 0. The van der Waals surface area contributed by atoms with Gasteiger partial charge in [-0.05, 0) is 32.9 Å². The van der Waals surface area contributed by atoms with Crippen LogP contribution in [0.4, 0.5) is 0 Å². The number of hydrogen-bond acceptors (Lipinski definition) is 4. The van der Waals surface area contributed by atoms with Crippen molar-refractivity contribution in [3.05, 3.63) is 18.0 Å². The molecular formula is C14H24N4O. The second-order valence-electron chi connectivity index (χ2n) is 5.59. The minimum atomic E-state index is 0.223. The van der Waals surface area contributed by atoms with Gasteiger partial charge in [-0.2, -0.15) is 5.10 Å². The number of morpholine rings is 1. The molecule has 0 radical (unpaired) electrons. The molecule has 0 bridgehead atoms. The number of likely N-dealkylation sites (N-methyl/N-ethyl adjacent to an activating group) is 1. The molecule has 106 valence electrons. The molecular weight excluding hydrogens is 240 g/mol. The van der Waals surface area contributed by atoms with Crippen LogP contribution in [-0.4, -0.2) is 53.6 Å². The van der Waals surface area contributed by atoms with Gasteiger partial charge >= 0.3 is 0 Å². The van der Waals surface area contributed by atoms with E-state index in [1.54, 1.807) is 0 Å². The van der Waals surface area contributed by atoms with Crippen LogP contribution in [0.2, 0.25) is 0 Å². The van der Waals surface area contributed by atoms with Crippen molar-refractivity contribution in [2.45, 2.75) is 44.5 Å². The van der Waals surface area contributed by atoms with Gasteiger partial charge in [0.15, 0.2) is 0 Å². The van der Waals surface area contributed by atoms with Crippen molar-refractivity contribution in [1.29, 1.82) is 0 Å². The van der Waals surface area contributed by atoms with Gasteiger partial charge in [0.2, 0.25) is 0 Å². The Hall–Kier alpha value is -0.910. The molecule has 1 aromatic rings. The van der Waals surface area contributed by atoms with Crippen LogP contribution in [0.15, 0.2) is 12.3 Å². The van der Waals surface area contributed by atoms with E-state index >= 15 is 0 Å². The standard InChI is InChI=1S/C14H24N4O/c1-3-18-12(6-7-16-18)14-13(10-15-11-4-5-11)19-9-8-17(14)2/h6-7,11,13-15H,3-5,8-10H2,1-2H3. The van der Waals surface area contributed by atoms with E-state index in [1.807, 2.05) is 6.20 Å².